The first kappa shape index (κ1) is 16.3. The lowest BCUT2D eigenvalue weighted by Gasteiger charge is -2.34. The molecule has 0 spiro atoms. The molecule has 1 atom stereocenters. The number of rotatable bonds is 6. The molecule has 0 N–H and O–H groups in total. The molecule has 1 unspecified atom stereocenters. The fourth-order valence-electron chi connectivity index (χ4n) is 3.63. The first-order valence-electron chi connectivity index (χ1n) is 8.80. The van der Waals surface area contributed by atoms with Crippen molar-refractivity contribution in [2.24, 2.45) is 5.92 Å². The second-order valence-electron chi connectivity index (χ2n) is 6.82. The number of hydrogen-bond acceptors (Lipinski definition) is 5. The zero-order valence-electron chi connectivity index (χ0n) is 14.0. The lowest BCUT2D eigenvalue weighted by molar-refractivity contribution is 0.00335. The summed E-state index contributed by atoms with van der Waals surface area (Å²) in [5.74, 6) is 0.654. The second kappa shape index (κ2) is 7.78. The Bertz CT molecular complexity index is 622. The maximum Gasteiger partial charge on any atom is 0.0883 e. The van der Waals surface area contributed by atoms with Gasteiger partial charge < -0.3 is 9.47 Å². The van der Waals surface area contributed by atoms with Crippen molar-refractivity contribution in [1.82, 2.24) is 14.7 Å². The molecule has 5 nitrogen and oxygen atoms in total. The van der Waals surface area contributed by atoms with Crippen LogP contribution < -0.4 is 0 Å². The third-order valence-corrected chi connectivity index (χ3v) is 5.68. The van der Waals surface area contributed by atoms with E-state index in [1.165, 1.54) is 11.3 Å². The SMILES string of the molecule is c1cc2n(n1)C(COCC1CCOCC1)CN(Cc1ccsc1)C2. The van der Waals surface area contributed by atoms with Crippen LogP contribution in [-0.2, 0) is 22.6 Å². The summed E-state index contributed by atoms with van der Waals surface area (Å²) < 4.78 is 13.7. The minimum atomic E-state index is 0.308. The van der Waals surface area contributed by atoms with E-state index in [0.717, 1.165) is 58.9 Å². The van der Waals surface area contributed by atoms with Gasteiger partial charge in [-0.15, -0.1) is 0 Å². The molecule has 4 rings (SSSR count). The van der Waals surface area contributed by atoms with Gasteiger partial charge in [-0.05, 0) is 47.2 Å². The van der Waals surface area contributed by atoms with Crippen LogP contribution in [0.4, 0.5) is 0 Å². The summed E-state index contributed by atoms with van der Waals surface area (Å²) in [5.41, 5.74) is 2.69. The van der Waals surface area contributed by atoms with Gasteiger partial charge >= 0.3 is 0 Å². The van der Waals surface area contributed by atoms with E-state index >= 15 is 0 Å². The first-order chi connectivity index (χ1) is 11.9. The largest absolute Gasteiger partial charge is 0.381 e. The van der Waals surface area contributed by atoms with Crippen LogP contribution in [0.15, 0.2) is 29.1 Å². The average Bonchev–Trinajstić information content (AvgIpc) is 3.27. The molecule has 1 fully saturated rings. The number of hydrogen-bond donors (Lipinski definition) is 0. The van der Waals surface area contributed by atoms with E-state index < -0.39 is 0 Å². The van der Waals surface area contributed by atoms with E-state index in [-0.39, 0.29) is 0 Å². The highest BCUT2D eigenvalue weighted by Gasteiger charge is 2.26. The van der Waals surface area contributed by atoms with E-state index in [2.05, 4.69) is 37.6 Å². The van der Waals surface area contributed by atoms with Crippen LogP contribution >= 0.6 is 11.3 Å². The van der Waals surface area contributed by atoms with Crippen molar-refractivity contribution in [3.8, 4) is 0 Å². The number of aromatic nitrogens is 2. The molecule has 24 heavy (non-hydrogen) atoms. The quantitative estimate of drug-likeness (QED) is 0.805. The molecular formula is C18H25N3O2S. The van der Waals surface area contributed by atoms with Crippen molar-refractivity contribution in [3.63, 3.8) is 0 Å². The fraction of sp³-hybridized carbons (Fsp3) is 0.611. The van der Waals surface area contributed by atoms with Crippen LogP contribution in [0.2, 0.25) is 0 Å². The van der Waals surface area contributed by atoms with Crippen molar-refractivity contribution in [1.29, 1.82) is 0 Å². The lowest BCUT2D eigenvalue weighted by atomic mass is 10.0. The molecule has 0 radical (unpaired) electrons. The first-order valence-corrected chi connectivity index (χ1v) is 9.74. The van der Waals surface area contributed by atoms with Gasteiger partial charge in [-0.2, -0.15) is 16.4 Å². The highest BCUT2D eigenvalue weighted by Crippen LogP contribution is 2.23. The molecule has 130 valence electrons. The van der Waals surface area contributed by atoms with Crippen molar-refractivity contribution in [2.45, 2.75) is 32.0 Å². The zero-order valence-corrected chi connectivity index (χ0v) is 14.8. The van der Waals surface area contributed by atoms with Crippen LogP contribution in [0.25, 0.3) is 0 Å². The van der Waals surface area contributed by atoms with E-state index in [0.29, 0.717) is 12.0 Å². The molecule has 0 saturated carbocycles. The average molecular weight is 347 g/mol. The van der Waals surface area contributed by atoms with Crippen molar-refractivity contribution >= 4 is 11.3 Å². The standard InChI is InChI=1S/C18H25N3O2S/c1-5-19-21-17(1)10-20(9-16-4-8-24-14-16)11-18(21)13-23-12-15-2-6-22-7-3-15/h1,4-5,8,14-15,18H,2-3,6-7,9-13H2. The van der Waals surface area contributed by atoms with Crippen LogP contribution in [0.3, 0.4) is 0 Å². The van der Waals surface area contributed by atoms with Crippen molar-refractivity contribution < 1.29 is 9.47 Å². The van der Waals surface area contributed by atoms with Gasteiger partial charge in [0.25, 0.3) is 0 Å². The summed E-state index contributed by atoms with van der Waals surface area (Å²) in [6, 6.07) is 4.65. The Morgan fingerprint density at radius 1 is 1.25 bits per heavy atom. The smallest absolute Gasteiger partial charge is 0.0883 e. The van der Waals surface area contributed by atoms with Gasteiger partial charge in [-0.25, -0.2) is 0 Å². The highest BCUT2D eigenvalue weighted by atomic mass is 32.1. The van der Waals surface area contributed by atoms with Crippen molar-refractivity contribution in [3.05, 3.63) is 40.3 Å². The normalized spacial score (nSPS) is 22.6. The summed E-state index contributed by atoms with van der Waals surface area (Å²) in [6.07, 6.45) is 4.17. The molecule has 2 aromatic heterocycles. The summed E-state index contributed by atoms with van der Waals surface area (Å²) >= 11 is 1.77. The molecule has 2 aromatic rings. The Labute approximate surface area is 147 Å². The van der Waals surface area contributed by atoms with Gasteiger partial charge in [0.2, 0.25) is 0 Å². The molecule has 1 saturated heterocycles. The van der Waals surface area contributed by atoms with Crippen LogP contribution in [0.1, 0.15) is 30.1 Å². The fourth-order valence-corrected chi connectivity index (χ4v) is 4.29. The maximum absolute atomic E-state index is 6.08. The van der Waals surface area contributed by atoms with Crippen LogP contribution in [0.5, 0.6) is 0 Å². The van der Waals surface area contributed by atoms with Gasteiger partial charge in [0, 0.05) is 45.7 Å². The summed E-state index contributed by atoms with van der Waals surface area (Å²) in [5, 5.41) is 8.92. The molecule has 0 bridgehead atoms. The van der Waals surface area contributed by atoms with E-state index in [4.69, 9.17) is 9.47 Å². The topological polar surface area (TPSA) is 39.5 Å². The Kier molecular flexibility index (Phi) is 5.27. The molecule has 0 amide bonds. The van der Waals surface area contributed by atoms with E-state index in [1.807, 2.05) is 6.20 Å². The van der Waals surface area contributed by atoms with Gasteiger partial charge in [-0.1, -0.05) is 0 Å². The number of thiophene rings is 1. The zero-order chi connectivity index (χ0) is 16.2. The Balaban J connectivity index is 1.34. The third kappa shape index (κ3) is 3.88. The van der Waals surface area contributed by atoms with E-state index in [9.17, 15) is 0 Å². The summed E-state index contributed by atoms with van der Waals surface area (Å²) in [7, 11) is 0. The maximum atomic E-state index is 6.08. The molecule has 4 heterocycles. The molecule has 0 aromatic carbocycles. The predicted octanol–water partition coefficient (Wildman–Crippen LogP) is 2.94. The number of fused-ring (bicyclic) bond motifs is 1. The third-order valence-electron chi connectivity index (χ3n) is 4.94. The summed E-state index contributed by atoms with van der Waals surface area (Å²) in [4.78, 5) is 2.50. The van der Waals surface area contributed by atoms with Crippen LogP contribution in [0, 0.1) is 5.92 Å². The molecule has 0 aliphatic carbocycles. The van der Waals surface area contributed by atoms with Crippen molar-refractivity contribution in [2.75, 3.05) is 33.0 Å². The minimum Gasteiger partial charge on any atom is -0.381 e. The van der Waals surface area contributed by atoms with Gasteiger partial charge in [0.1, 0.15) is 0 Å². The van der Waals surface area contributed by atoms with Crippen LogP contribution in [-0.4, -0.2) is 47.7 Å². The molecule has 6 heteroatoms. The van der Waals surface area contributed by atoms with Gasteiger partial charge in [-0.3, -0.25) is 9.58 Å². The Hall–Kier alpha value is -1.21. The molecule has 2 aliphatic heterocycles. The van der Waals surface area contributed by atoms with E-state index in [1.54, 1.807) is 11.3 Å². The number of nitrogens with zero attached hydrogens (tertiary/aromatic N) is 3. The lowest BCUT2D eigenvalue weighted by Crippen LogP contribution is -2.39. The van der Waals surface area contributed by atoms with Gasteiger partial charge in [0.15, 0.2) is 0 Å². The monoisotopic (exact) mass is 347 g/mol. The van der Waals surface area contributed by atoms with Gasteiger partial charge in [0.05, 0.1) is 18.3 Å². The summed E-state index contributed by atoms with van der Waals surface area (Å²) in [6.45, 7) is 6.33. The number of ether oxygens (including phenoxy) is 2. The second-order valence-corrected chi connectivity index (χ2v) is 7.60. The Morgan fingerprint density at radius 3 is 3.00 bits per heavy atom. The Morgan fingerprint density at radius 2 is 2.17 bits per heavy atom. The predicted molar refractivity (Wildman–Crippen MR) is 94.1 cm³/mol. The highest BCUT2D eigenvalue weighted by molar-refractivity contribution is 7.07. The minimum absolute atomic E-state index is 0.308. The molecule has 2 aliphatic rings. The molecular weight excluding hydrogens is 322 g/mol.